The molecule has 124 valence electrons. The zero-order chi connectivity index (χ0) is 17.1. The fourth-order valence-corrected chi connectivity index (χ4v) is 3.12. The molecule has 0 bridgehead atoms. The number of nitrogens with two attached hydrogens (primary N) is 1. The molecule has 0 aliphatic heterocycles. The monoisotopic (exact) mass is 362 g/mol. The molecule has 0 saturated carbocycles. The molecule has 6 heteroatoms. The lowest BCUT2D eigenvalue weighted by molar-refractivity contribution is -0.730. The maximum absolute atomic E-state index is 6.26. The van der Waals surface area contributed by atoms with Crippen LogP contribution >= 0.6 is 23.2 Å². The lowest BCUT2D eigenvalue weighted by atomic mass is 10.1. The standard InChI is InChI=1S/C18H17Cl2N3O/c1-11(15-8-3-4-9-16(15)20)21-12(2)17-22-23-18(24-17)13-6-5-7-14(19)10-13/h3-12,21H,1-2H3/p+1/t11-,12+/m0/s1. The zero-order valence-electron chi connectivity index (χ0n) is 13.4. The van der Waals surface area contributed by atoms with Crippen LogP contribution in [0.15, 0.2) is 52.9 Å². The third-order valence-electron chi connectivity index (χ3n) is 3.87. The predicted octanol–water partition coefficient (Wildman–Crippen LogP) is 4.43. The van der Waals surface area contributed by atoms with E-state index in [1.807, 2.05) is 49.4 Å². The molecule has 0 spiro atoms. The Morgan fingerprint density at radius 2 is 1.75 bits per heavy atom. The molecule has 2 atom stereocenters. The Hall–Kier alpha value is -1.88. The van der Waals surface area contributed by atoms with Gasteiger partial charge in [0.05, 0.1) is 0 Å². The van der Waals surface area contributed by atoms with E-state index in [9.17, 15) is 0 Å². The van der Waals surface area contributed by atoms with E-state index < -0.39 is 0 Å². The molecule has 0 fully saturated rings. The largest absolute Gasteiger partial charge is 0.415 e. The Bertz CT molecular complexity index is 834. The first-order valence-electron chi connectivity index (χ1n) is 7.73. The van der Waals surface area contributed by atoms with Gasteiger partial charge in [0.25, 0.3) is 5.89 Å². The highest BCUT2D eigenvalue weighted by atomic mass is 35.5. The van der Waals surface area contributed by atoms with E-state index in [2.05, 4.69) is 22.4 Å². The molecule has 24 heavy (non-hydrogen) atoms. The number of quaternary nitrogens is 1. The second-order valence-electron chi connectivity index (χ2n) is 5.75. The van der Waals surface area contributed by atoms with Crippen molar-refractivity contribution >= 4 is 23.2 Å². The Kier molecular flexibility index (Phi) is 5.19. The molecule has 1 heterocycles. The van der Waals surface area contributed by atoms with Crippen LogP contribution in [0.25, 0.3) is 11.5 Å². The molecule has 0 aliphatic rings. The summed E-state index contributed by atoms with van der Waals surface area (Å²) in [6.45, 7) is 4.13. The van der Waals surface area contributed by atoms with Gasteiger partial charge in [-0.05, 0) is 38.1 Å². The molecular formula is C18H18Cl2N3O+. The molecule has 0 amide bonds. The summed E-state index contributed by atoms with van der Waals surface area (Å²) in [6.07, 6.45) is 0. The highest BCUT2D eigenvalue weighted by molar-refractivity contribution is 6.31. The summed E-state index contributed by atoms with van der Waals surface area (Å²) >= 11 is 12.3. The van der Waals surface area contributed by atoms with Crippen LogP contribution in [0.2, 0.25) is 10.0 Å². The third kappa shape index (κ3) is 3.78. The SMILES string of the molecule is C[C@H]([NH2+][C@H](C)c1nnc(-c2cccc(Cl)c2)o1)c1ccccc1Cl. The number of halogens is 2. The van der Waals surface area contributed by atoms with Crippen LogP contribution in [0.1, 0.15) is 37.4 Å². The van der Waals surface area contributed by atoms with Gasteiger partial charge in [0, 0.05) is 21.2 Å². The first kappa shape index (κ1) is 17.0. The van der Waals surface area contributed by atoms with Gasteiger partial charge in [-0.3, -0.25) is 0 Å². The second-order valence-corrected chi connectivity index (χ2v) is 6.59. The lowest BCUT2D eigenvalue weighted by Crippen LogP contribution is -2.85. The van der Waals surface area contributed by atoms with Gasteiger partial charge in [-0.25, -0.2) is 0 Å². The van der Waals surface area contributed by atoms with Crippen LogP contribution in [0.3, 0.4) is 0 Å². The van der Waals surface area contributed by atoms with E-state index >= 15 is 0 Å². The van der Waals surface area contributed by atoms with Gasteiger partial charge in [0.1, 0.15) is 6.04 Å². The van der Waals surface area contributed by atoms with E-state index in [1.165, 1.54) is 0 Å². The van der Waals surface area contributed by atoms with E-state index in [1.54, 1.807) is 6.07 Å². The van der Waals surface area contributed by atoms with Crippen LogP contribution in [-0.4, -0.2) is 10.2 Å². The van der Waals surface area contributed by atoms with Crippen LogP contribution in [0.5, 0.6) is 0 Å². The average Bonchev–Trinajstić information content (AvgIpc) is 3.05. The maximum Gasteiger partial charge on any atom is 0.274 e. The zero-order valence-corrected chi connectivity index (χ0v) is 14.9. The van der Waals surface area contributed by atoms with Crippen LogP contribution in [0, 0.1) is 0 Å². The summed E-state index contributed by atoms with van der Waals surface area (Å²) < 4.78 is 5.81. The molecule has 0 radical (unpaired) electrons. The average molecular weight is 363 g/mol. The van der Waals surface area contributed by atoms with Crippen molar-refractivity contribution in [1.82, 2.24) is 10.2 Å². The topological polar surface area (TPSA) is 55.5 Å². The number of nitrogens with zero attached hydrogens (tertiary/aromatic N) is 2. The van der Waals surface area contributed by atoms with Gasteiger partial charge in [0.2, 0.25) is 5.89 Å². The van der Waals surface area contributed by atoms with E-state index in [0.717, 1.165) is 16.1 Å². The molecule has 0 unspecified atom stereocenters. The van der Waals surface area contributed by atoms with Gasteiger partial charge in [-0.1, -0.05) is 47.5 Å². The van der Waals surface area contributed by atoms with Gasteiger partial charge in [0.15, 0.2) is 6.04 Å². The highest BCUT2D eigenvalue weighted by Crippen LogP contribution is 2.24. The number of hydrogen-bond acceptors (Lipinski definition) is 3. The van der Waals surface area contributed by atoms with Gasteiger partial charge in [-0.15, -0.1) is 10.2 Å². The molecule has 4 nitrogen and oxygen atoms in total. The highest BCUT2D eigenvalue weighted by Gasteiger charge is 2.22. The van der Waals surface area contributed by atoms with Crippen molar-refractivity contribution < 1.29 is 9.73 Å². The summed E-state index contributed by atoms with van der Waals surface area (Å²) in [7, 11) is 0. The van der Waals surface area contributed by atoms with Crippen molar-refractivity contribution in [1.29, 1.82) is 0 Å². The van der Waals surface area contributed by atoms with Crippen molar-refractivity contribution in [3.63, 3.8) is 0 Å². The van der Waals surface area contributed by atoms with E-state index in [4.69, 9.17) is 27.6 Å². The fraction of sp³-hybridized carbons (Fsp3) is 0.222. The van der Waals surface area contributed by atoms with Crippen LogP contribution in [-0.2, 0) is 0 Å². The smallest absolute Gasteiger partial charge is 0.274 e. The molecule has 3 rings (SSSR count). The van der Waals surface area contributed by atoms with Crippen LogP contribution in [0.4, 0.5) is 0 Å². The molecule has 0 saturated heterocycles. The normalized spacial score (nSPS) is 13.7. The van der Waals surface area contributed by atoms with Gasteiger partial charge < -0.3 is 9.73 Å². The molecule has 2 N–H and O–H groups in total. The Balaban J connectivity index is 1.74. The quantitative estimate of drug-likeness (QED) is 0.730. The first-order chi connectivity index (χ1) is 11.5. The third-order valence-corrected chi connectivity index (χ3v) is 4.45. The summed E-state index contributed by atoms with van der Waals surface area (Å²) in [5, 5.41) is 11.8. The fourth-order valence-electron chi connectivity index (χ4n) is 2.62. The van der Waals surface area contributed by atoms with Crippen molar-refractivity contribution in [2.75, 3.05) is 0 Å². The van der Waals surface area contributed by atoms with E-state index in [-0.39, 0.29) is 12.1 Å². The summed E-state index contributed by atoms with van der Waals surface area (Å²) in [5.74, 6) is 1.04. The molecule has 3 aromatic rings. The second kappa shape index (κ2) is 7.34. The first-order valence-corrected chi connectivity index (χ1v) is 8.49. The molecule has 0 aliphatic carbocycles. The minimum atomic E-state index is 0.0108. The molecular weight excluding hydrogens is 345 g/mol. The van der Waals surface area contributed by atoms with Gasteiger partial charge in [-0.2, -0.15) is 0 Å². The minimum absolute atomic E-state index is 0.0108. The van der Waals surface area contributed by atoms with E-state index in [0.29, 0.717) is 16.8 Å². The Labute approximate surface area is 150 Å². The number of hydrogen-bond donors (Lipinski definition) is 1. The summed E-state index contributed by atoms with van der Waals surface area (Å²) in [6, 6.07) is 15.4. The Morgan fingerprint density at radius 3 is 2.50 bits per heavy atom. The van der Waals surface area contributed by atoms with Crippen molar-refractivity contribution in [2.45, 2.75) is 25.9 Å². The number of aromatic nitrogens is 2. The molecule has 2 aromatic carbocycles. The number of benzene rings is 2. The number of rotatable bonds is 5. The van der Waals surface area contributed by atoms with Gasteiger partial charge >= 0.3 is 0 Å². The minimum Gasteiger partial charge on any atom is -0.415 e. The molecule has 1 aromatic heterocycles. The van der Waals surface area contributed by atoms with Crippen molar-refractivity contribution in [2.24, 2.45) is 0 Å². The van der Waals surface area contributed by atoms with Crippen molar-refractivity contribution in [3.05, 3.63) is 70.0 Å². The summed E-state index contributed by atoms with van der Waals surface area (Å²) in [4.78, 5) is 0. The van der Waals surface area contributed by atoms with Crippen LogP contribution < -0.4 is 5.32 Å². The lowest BCUT2D eigenvalue weighted by Gasteiger charge is -2.15. The maximum atomic E-state index is 6.26. The summed E-state index contributed by atoms with van der Waals surface area (Å²) in [5.41, 5.74) is 1.90. The van der Waals surface area contributed by atoms with Crippen molar-refractivity contribution in [3.8, 4) is 11.5 Å². The Morgan fingerprint density at radius 1 is 0.958 bits per heavy atom. The predicted molar refractivity (Wildman–Crippen MR) is 95.0 cm³/mol.